The molecule has 2 rings (SSSR count). The van der Waals surface area contributed by atoms with Crippen molar-refractivity contribution < 1.29 is 4.79 Å². The van der Waals surface area contributed by atoms with E-state index in [1.54, 1.807) is 18.0 Å². The molecular weight excluding hydrogens is 316 g/mol. The minimum Gasteiger partial charge on any atom is -0.273 e. The molecular formula is C17H17ClN2OS. The normalized spacial score (nSPS) is 10.9. The van der Waals surface area contributed by atoms with Crippen molar-refractivity contribution in [1.29, 1.82) is 0 Å². The number of rotatable bonds is 5. The van der Waals surface area contributed by atoms with Crippen LogP contribution in [0.1, 0.15) is 16.7 Å². The monoisotopic (exact) mass is 332 g/mol. The van der Waals surface area contributed by atoms with Crippen LogP contribution in [0.4, 0.5) is 0 Å². The van der Waals surface area contributed by atoms with Gasteiger partial charge in [-0.3, -0.25) is 4.79 Å². The number of nitrogens with one attached hydrogen (secondary N) is 1. The molecule has 2 aromatic rings. The molecule has 5 heteroatoms. The average molecular weight is 333 g/mol. The summed E-state index contributed by atoms with van der Waals surface area (Å²) in [7, 11) is 0. The standard InChI is InChI=1S/C17H17ClN2OS/c1-12-5-3-4-6-13(12)11-19-20-17(21)10-14-9-15(18)7-8-16(14)22-2/h3-9,11H,10H2,1-2H3,(H,20,21)/b19-11-. The second kappa shape index (κ2) is 8.01. The Morgan fingerprint density at radius 1 is 1.32 bits per heavy atom. The SMILES string of the molecule is CSc1ccc(Cl)cc1CC(=O)N/N=C\c1ccccc1C. The van der Waals surface area contributed by atoms with Crippen LogP contribution in [-0.4, -0.2) is 18.4 Å². The van der Waals surface area contributed by atoms with Gasteiger partial charge < -0.3 is 0 Å². The van der Waals surface area contributed by atoms with Crippen LogP contribution >= 0.6 is 23.4 Å². The van der Waals surface area contributed by atoms with Crippen molar-refractivity contribution in [1.82, 2.24) is 5.43 Å². The quantitative estimate of drug-likeness (QED) is 0.509. The predicted molar refractivity (Wildman–Crippen MR) is 93.9 cm³/mol. The summed E-state index contributed by atoms with van der Waals surface area (Å²) in [5.74, 6) is -0.164. The summed E-state index contributed by atoms with van der Waals surface area (Å²) in [6, 6.07) is 13.4. The number of carbonyl (C=O) groups is 1. The lowest BCUT2D eigenvalue weighted by atomic mass is 10.1. The minimum absolute atomic E-state index is 0.164. The van der Waals surface area contributed by atoms with Crippen molar-refractivity contribution >= 4 is 35.5 Å². The fourth-order valence-corrected chi connectivity index (χ4v) is 2.80. The number of halogens is 1. The highest BCUT2D eigenvalue weighted by molar-refractivity contribution is 7.98. The van der Waals surface area contributed by atoms with E-state index in [0.717, 1.165) is 21.6 Å². The molecule has 0 atom stereocenters. The number of hydrazone groups is 1. The fourth-order valence-electron chi connectivity index (χ4n) is 2.00. The second-order valence-electron chi connectivity index (χ2n) is 4.78. The third-order valence-corrected chi connectivity index (χ3v) is 4.25. The molecule has 2 aromatic carbocycles. The number of benzene rings is 2. The van der Waals surface area contributed by atoms with Gasteiger partial charge in [0.2, 0.25) is 5.91 Å². The Morgan fingerprint density at radius 3 is 2.82 bits per heavy atom. The van der Waals surface area contributed by atoms with Gasteiger partial charge in [0, 0.05) is 9.92 Å². The van der Waals surface area contributed by atoms with E-state index < -0.39 is 0 Å². The number of aryl methyl sites for hydroxylation is 1. The Balaban J connectivity index is 1.99. The summed E-state index contributed by atoms with van der Waals surface area (Å²) in [6.07, 6.45) is 3.88. The smallest absolute Gasteiger partial charge is 0.244 e. The summed E-state index contributed by atoms with van der Waals surface area (Å²) in [6.45, 7) is 2.00. The topological polar surface area (TPSA) is 41.5 Å². The van der Waals surface area contributed by atoms with Crippen LogP contribution in [0, 0.1) is 6.92 Å². The van der Waals surface area contributed by atoms with Gasteiger partial charge in [-0.05, 0) is 48.1 Å². The molecule has 0 fully saturated rings. The minimum atomic E-state index is -0.164. The van der Waals surface area contributed by atoms with E-state index >= 15 is 0 Å². The van der Waals surface area contributed by atoms with Crippen LogP contribution in [-0.2, 0) is 11.2 Å². The maximum absolute atomic E-state index is 12.0. The molecule has 0 unspecified atom stereocenters. The summed E-state index contributed by atoms with van der Waals surface area (Å²) in [4.78, 5) is 13.0. The fraction of sp³-hybridized carbons (Fsp3) is 0.176. The number of amides is 1. The van der Waals surface area contributed by atoms with Crippen LogP contribution in [0.25, 0.3) is 0 Å². The first-order chi connectivity index (χ1) is 10.6. The molecule has 0 aromatic heterocycles. The van der Waals surface area contributed by atoms with Crippen molar-refractivity contribution in [3.8, 4) is 0 Å². The zero-order chi connectivity index (χ0) is 15.9. The lowest BCUT2D eigenvalue weighted by Crippen LogP contribution is -2.20. The highest BCUT2D eigenvalue weighted by Crippen LogP contribution is 2.24. The maximum Gasteiger partial charge on any atom is 0.244 e. The Kier molecular flexibility index (Phi) is 6.04. The lowest BCUT2D eigenvalue weighted by Gasteiger charge is -2.07. The molecule has 22 heavy (non-hydrogen) atoms. The summed E-state index contributed by atoms with van der Waals surface area (Å²) in [5.41, 5.74) is 5.55. The zero-order valence-corrected chi connectivity index (χ0v) is 14.0. The van der Waals surface area contributed by atoms with E-state index in [1.807, 2.05) is 55.6 Å². The first-order valence-electron chi connectivity index (χ1n) is 6.80. The third kappa shape index (κ3) is 4.61. The number of hydrogen-bond donors (Lipinski definition) is 1. The number of thioether (sulfide) groups is 1. The Labute approximate surface area is 139 Å². The highest BCUT2D eigenvalue weighted by atomic mass is 35.5. The molecule has 0 saturated heterocycles. The summed E-state index contributed by atoms with van der Waals surface area (Å²) in [5, 5.41) is 4.64. The number of carbonyl (C=O) groups excluding carboxylic acids is 1. The zero-order valence-electron chi connectivity index (χ0n) is 12.5. The number of hydrogen-bond acceptors (Lipinski definition) is 3. The Hall–Kier alpha value is -1.78. The van der Waals surface area contributed by atoms with Crippen LogP contribution in [0.5, 0.6) is 0 Å². The summed E-state index contributed by atoms with van der Waals surface area (Å²) >= 11 is 7.58. The van der Waals surface area contributed by atoms with Gasteiger partial charge in [-0.15, -0.1) is 11.8 Å². The van der Waals surface area contributed by atoms with Gasteiger partial charge in [0.05, 0.1) is 12.6 Å². The van der Waals surface area contributed by atoms with E-state index in [4.69, 9.17) is 11.6 Å². The predicted octanol–water partition coefficient (Wildman–Crippen LogP) is 4.06. The molecule has 0 saturated carbocycles. The molecule has 1 amide bonds. The molecule has 0 spiro atoms. The molecule has 1 N–H and O–H groups in total. The summed E-state index contributed by atoms with van der Waals surface area (Å²) < 4.78 is 0. The lowest BCUT2D eigenvalue weighted by molar-refractivity contribution is -0.120. The number of nitrogens with zero attached hydrogens (tertiary/aromatic N) is 1. The van der Waals surface area contributed by atoms with Crippen LogP contribution in [0.3, 0.4) is 0 Å². The van der Waals surface area contributed by atoms with Crippen molar-refractivity contribution in [2.75, 3.05) is 6.26 Å². The van der Waals surface area contributed by atoms with Gasteiger partial charge in [-0.1, -0.05) is 35.9 Å². The maximum atomic E-state index is 12.0. The van der Waals surface area contributed by atoms with E-state index in [2.05, 4.69) is 10.5 Å². The molecule has 0 heterocycles. The van der Waals surface area contributed by atoms with Crippen molar-refractivity contribution in [2.45, 2.75) is 18.2 Å². The van der Waals surface area contributed by atoms with Crippen molar-refractivity contribution in [2.24, 2.45) is 5.10 Å². The van der Waals surface area contributed by atoms with Gasteiger partial charge in [0.15, 0.2) is 0 Å². The second-order valence-corrected chi connectivity index (χ2v) is 6.07. The van der Waals surface area contributed by atoms with E-state index in [1.165, 1.54) is 0 Å². The molecule has 114 valence electrons. The van der Waals surface area contributed by atoms with Gasteiger partial charge in [0.1, 0.15) is 0 Å². The van der Waals surface area contributed by atoms with Crippen LogP contribution < -0.4 is 5.43 Å². The third-order valence-electron chi connectivity index (χ3n) is 3.17. The highest BCUT2D eigenvalue weighted by Gasteiger charge is 2.08. The van der Waals surface area contributed by atoms with Crippen LogP contribution in [0.2, 0.25) is 5.02 Å². The first-order valence-corrected chi connectivity index (χ1v) is 8.40. The molecule has 3 nitrogen and oxygen atoms in total. The van der Waals surface area contributed by atoms with E-state index in [9.17, 15) is 4.79 Å². The van der Waals surface area contributed by atoms with Gasteiger partial charge >= 0.3 is 0 Å². The molecule has 0 aliphatic carbocycles. The van der Waals surface area contributed by atoms with Crippen LogP contribution in [0.15, 0.2) is 52.5 Å². The molecule has 0 aliphatic heterocycles. The van der Waals surface area contributed by atoms with Crippen molar-refractivity contribution in [3.05, 3.63) is 64.2 Å². The van der Waals surface area contributed by atoms with Crippen molar-refractivity contribution in [3.63, 3.8) is 0 Å². The molecule has 0 bridgehead atoms. The Bertz CT molecular complexity index is 701. The Morgan fingerprint density at radius 2 is 2.09 bits per heavy atom. The van der Waals surface area contributed by atoms with Gasteiger partial charge in [0.25, 0.3) is 0 Å². The van der Waals surface area contributed by atoms with E-state index in [0.29, 0.717) is 5.02 Å². The molecule has 0 aliphatic rings. The average Bonchev–Trinajstić information content (AvgIpc) is 2.49. The first kappa shape index (κ1) is 16.6. The van der Waals surface area contributed by atoms with E-state index in [-0.39, 0.29) is 12.3 Å². The molecule has 0 radical (unpaired) electrons. The van der Waals surface area contributed by atoms with Gasteiger partial charge in [-0.25, -0.2) is 5.43 Å². The largest absolute Gasteiger partial charge is 0.273 e. The van der Waals surface area contributed by atoms with Gasteiger partial charge in [-0.2, -0.15) is 5.10 Å².